The number of hydrogen-bond donors (Lipinski definition) is 1. The molecule has 0 radical (unpaired) electrons. The Morgan fingerprint density at radius 2 is 2.00 bits per heavy atom. The molecule has 0 atom stereocenters. The molecule has 2 aliphatic rings. The van der Waals surface area contributed by atoms with Gasteiger partial charge in [-0.25, -0.2) is 0 Å². The Hall–Kier alpha value is -2.12. The maximum absolute atomic E-state index is 12.9. The zero-order chi connectivity index (χ0) is 17.9. The van der Waals surface area contributed by atoms with Gasteiger partial charge in [0.25, 0.3) is 5.91 Å². The number of likely N-dealkylation sites (tertiary alicyclic amines) is 1. The second kappa shape index (κ2) is 8.71. The van der Waals surface area contributed by atoms with Crippen LogP contribution < -0.4 is 10.1 Å². The van der Waals surface area contributed by atoms with Crippen molar-refractivity contribution in [2.24, 2.45) is 0 Å². The predicted octanol–water partition coefficient (Wildman–Crippen LogP) is 2.22. The summed E-state index contributed by atoms with van der Waals surface area (Å²) in [7, 11) is 0. The summed E-state index contributed by atoms with van der Waals surface area (Å²) >= 11 is 0. The summed E-state index contributed by atoms with van der Waals surface area (Å²) in [5.41, 5.74) is 0.652. The summed E-state index contributed by atoms with van der Waals surface area (Å²) in [6.45, 7) is 6.65. The largest absolute Gasteiger partial charge is 0.493 e. The number of benzene rings is 1. The molecule has 0 bridgehead atoms. The number of para-hydroxylation sites is 1. The molecule has 0 aliphatic carbocycles. The first-order chi connectivity index (χ1) is 12.8. The summed E-state index contributed by atoms with van der Waals surface area (Å²) < 4.78 is 7.87. The molecule has 7 nitrogen and oxygen atoms in total. The first-order valence-corrected chi connectivity index (χ1v) is 9.41. The fraction of sp³-hybridized carbons (Fsp3) is 0.526. The van der Waals surface area contributed by atoms with Crippen molar-refractivity contribution in [2.45, 2.75) is 38.8 Å². The summed E-state index contributed by atoms with van der Waals surface area (Å²) in [4.78, 5) is 14.9. The van der Waals surface area contributed by atoms with Crippen LogP contribution in [0.2, 0.25) is 0 Å². The number of hydrogen-bond acceptors (Lipinski definition) is 5. The smallest absolute Gasteiger partial charge is 0.257 e. The van der Waals surface area contributed by atoms with E-state index in [9.17, 15) is 4.79 Å². The Morgan fingerprint density at radius 3 is 2.78 bits per heavy atom. The minimum absolute atomic E-state index is 0. The monoisotopic (exact) mass is 391 g/mol. The van der Waals surface area contributed by atoms with Crippen LogP contribution in [0, 0.1) is 0 Å². The third-order valence-electron chi connectivity index (χ3n) is 5.22. The molecule has 4 rings (SSSR count). The highest BCUT2D eigenvalue weighted by Crippen LogP contribution is 2.29. The first-order valence-electron chi connectivity index (χ1n) is 9.41. The van der Waals surface area contributed by atoms with E-state index in [1.807, 2.05) is 36.1 Å². The second-order valence-corrected chi connectivity index (χ2v) is 6.80. The van der Waals surface area contributed by atoms with Gasteiger partial charge in [-0.05, 0) is 31.9 Å². The van der Waals surface area contributed by atoms with E-state index in [2.05, 4.69) is 20.1 Å². The Bertz CT molecular complexity index is 786. The Balaban J connectivity index is 0.00000210. The van der Waals surface area contributed by atoms with Gasteiger partial charge in [-0.3, -0.25) is 4.79 Å². The molecule has 3 heterocycles. The van der Waals surface area contributed by atoms with Gasteiger partial charge in [0.05, 0.1) is 18.7 Å². The minimum atomic E-state index is 0. The van der Waals surface area contributed by atoms with Crippen LogP contribution in [0.25, 0.3) is 0 Å². The minimum Gasteiger partial charge on any atom is -0.493 e. The number of carbonyl (C=O) groups excluding carboxylic acids is 1. The summed E-state index contributed by atoms with van der Waals surface area (Å²) in [6.07, 6.45) is 1.85. The summed E-state index contributed by atoms with van der Waals surface area (Å²) in [5, 5.41) is 12.1. The van der Waals surface area contributed by atoms with Gasteiger partial charge in [-0.15, -0.1) is 22.6 Å². The normalized spacial score (nSPS) is 17.1. The molecule has 8 heteroatoms. The molecule has 1 saturated heterocycles. The lowest BCUT2D eigenvalue weighted by Crippen LogP contribution is -2.39. The van der Waals surface area contributed by atoms with E-state index < -0.39 is 0 Å². The van der Waals surface area contributed by atoms with Crippen molar-refractivity contribution in [2.75, 3.05) is 26.2 Å². The molecule has 1 amide bonds. The third-order valence-corrected chi connectivity index (χ3v) is 5.22. The molecule has 0 spiro atoms. The van der Waals surface area contributed by atoms with E-state index in [1.54, 1.807) is 0 Å². The van der Waals surface area contributed by atoms with Crippen LogP contribution in [0.15, 0.2) is 24.3 Å². The van der Waals surface area contributed by atoms with Crippen LogP contribution >= 0.6 is 12.4 Å². The van der Waals surface area contributed by atoms with Crippen LogP contribution in [0.4, 0.5) is 0 Å². The molecule has 27 heavy (non-hydrogen) atoms. The fourth-order valence-corrected chi connectivity index (χ4v) is 3.85. The average Bonchev–Trinajstić information content (AvgIpc) is 3.12. The van der Waals surface area contributed by atoms with Crippen LogP contribution in [0.3, 0.4) is 0 Å². The molecule has 0 unspecified atom stereocenters. The van der Waals surface area contributed by atoms with Crippen molar-refractivity contribution in [1.29, 1.82) is 0 Å². The Labute approximate surface area is 165 Å². The van der Waals surface area contributed by atoms with Crippen molar-refractivity contribution in [1.82, 2.24) is 25.0 Å². The van der Waals surface area contributed by atoms with Gasteiger partial charge >= 0.3 is 0 Å². The van der Waals surface area contributed by atoms with Gasteiger partial charge < -0.3 is 19.5 Å². The standard InChI is InChI=1S/C19H25N5O2.ClH/c1-2-26-16-6-4-3-5-15(16)19(25)23-10-7-14(8-11-23)18-22-21-17-13-20-9-12-24(17)18;/h3-6,14,20H,2,7-13H2,1H3;1H. The van der Waals surface area contributed by atoms with Gasteiger partial charge in [-0.2, -0.15) is 0 Å². The Kier molecular flexibility index (Phi) is 6.34. The molecule has 1 fully saturated rings. The van der Waals surface area contributed by atoms with Crippen molar-refractivity contribution in [3.8, 4) is 5.75 Å². The molecule has 0 saturated carbocycles. The van der Waals surface area contributed by atoms with Crippen molar-refractivity contribution >= 4 is 18.3 Å². The third kappa shape index (κ3) is 3.94. The maximum atomic E-state index is 12.9. The van der Waals surface area contributed by atoms with Gasteiger partial charge in [-0.1, -0.05) is 12.1 Å². The molecule has 2 aromatic rings. The zero-order valence-corrected chi connectivity index (χ0v) is 16.4. The second-order valence-electron chi connectivity index (χ2n) is 6.80. The average molecular weight is 392 g/mol. The van der Waals surface area contributed by atoms with Crippen LogP contribution in [-0.4, -0.2) is 51.8 Å². The predicted molar refractivity (Wildman–Crippen MR) is 104 cm³/mol. The number of fused-ring (bicyclic) bond motifs is 1. The lowest BCUT2D eigenvalue weighted by Gasteiger charge is -2.32. The number of rotatable bonds is 4. The van der Waals surface area contributed by atoms with Crippen LogP contribution in [0.1, 0.15) is 47.7 Å². The number of carbonyl (C=O) groups is 1. The van der Waals surface area contributed by atoms with Crippen molar-refractivity contribution in [3.63, 3.8) is 0 Å². The number of amides is 1. The molecule has 1 aromatic heterocycles. The lowest BCUT2D eigenvalue weighted by atomic mass is 9.95. The number of ether oxygens (including phenoxy) is 1. The zero-order valence-electron chi connectivity index (χ0n) is 15.6. The molecular weight excluding hydrogens is 366 g/mol. The molecule has 2 aliphatic heterocycles. The number of aromatic nitrogens is 3. The highest BCUT2D eigenvalue weighted by molar-refractivity contribution is 5.97. The molecule has 1 aromatic carbocycles. The van der Waals surface area contributed by atoms with E-state index in [1.165, 1.54) is 0 Å². The van der Waals surface area contributed by atoms with E-state index in [0.717, 1.165) is 57.2 Å². The van der Waals surface area contributed by atoms with Gasteiger partial charge in [0, 0.05) is 32.1 Å². The van der Waals surface area contributed by atoms with Crippen LogP contribution in [0.5, 0.6) is 5.75 Å². The van der Waals surface area contributed by atoms with Crippen LogP contribution in [-0.2, 0) is 13.1 Å². The summed E-state index contributed by atoms with van der Waals surface area (Å²) in [6, 6.07) is 7.50. The van der Waals surface area contributed by atoms with Gasteiger partial charge in [0.15, 0.2) is 0 Å². The molecule has 1 N–H and O–H groups in total. The maximum Gasteiger partial charge on any atom is 0.257 e. The number of piperidine rings is 1. The van der Waals surface area contributed by atoms with Crippen molar-refractivity contribution < 1.29 is 9.53 Å². The SMILES string of the molecule is CCOc1ccccc1C(=O)N1CCC(c2nnc3n2CCNC3)CC1.Cl. The van der Waals surface area contributed by atoms with Gasteiger partial charge in [0.2, 0.25) is 0 Å². The quantitative estimate of drug-likeness (QED) is 0.865. The molecule has 146 valence electrons. The highest BCUT2D eigenvalue weighted by Gasteiger charge is 2.29. The Morgan fingerprint density at radius 1 is 1.22 bits per heavy atom. The fourth-order valence-electron chi connectivity index (χ4n) is 3.85. The summed E-state index contributed by atoms with van der Waals surface area (Å²) in [5.74, 6) is 3.21. The van der Waals surface area contributed by atoms with Gasteiger partial charge in [0.1, 0.15) is 17.4 Å². The van der Waals surface area contributed by atoms with E-state index >= 15 is 0 Å². The van der Waals surface area contributed by atoms with Crippen molar-refractivity contribution in [3.05, 3.63) is 41.5 Å². The highest BCUT2D eigenvalue weighted by atomic mass is 35.5. The lowest BCUT2D eigenvalue weighted by molar-refractivity contribution is 0.0706. The number of nitrogens with one attached hydrogen (secondary N) is 1. The van der Waals surface area contributed by atoms with E-state index in [-0.39, 0.29) is 18.3 Å². The topological polar surface area (TPSA) is 72.3 Å². The first kappa shape index (κ1) is 19.6. The molecular formula is C19H26ClN5O2. The number of halogens is 1. The van der Waals surface area contributed by atoms with E-state index in [0.29, 0.717) is 23.8 Å². The number of nitrogens with zero attached hydrogens (tertiary/aromatic N) is 4. The van der Waals surface area contributed by atoms with E-state index in [4.69, 9.17) is 4.74 Å².